The molecule has 2 aliphatic heterocycles. The third-order valence-electron chi connectivity index (χ3n) is 7.11. The minimum atomic E-state index is -1.07. The summed E-state index contributed by atoms with van der Waals surface area (Å²) in [6, 6.07) is 8.94. The molecule has 10 nitrogen and oxygen atoms in total. The van der Waals surface area contributed by atoms with E-state index in [4.69, 9.17) is 18.9 Å². The van der Waals surface area contributed by atoms with Gasteiger partial charge in [0.05, 0.1) is 35.4 Å². The van der Waals surface area contributed by atoms with Gasteiger partial charge in [0.2, 0.25) is 0 Å². The molecule has 5 rings (SSSR count). The van der Waals surface area contributed by atoms with Crippen LogP contribution in [0.15, 0.2) is 42.0 Å². The summed E-state index contributed by atoms with van der Waals surface area (Å²) in [5, 5.41) is 11.8. The number of anilines is 1. The van der Waals surface area contributed by atoms with Gasteiger partial charge >= 0.3 is 5.91 Å². The normalized spacial score (nSPS) is 17.4. The summed E-state index contributed by atoms with van der Waals surface area (Å²) in [4.78, 5) is 45.7. The molecule has 1 atom stereocenters. The number of ether oxygens (including phenoxy) is 4. The summed E-state index contributed by atoms with van der Waals surface area (Å²) in [7, 11) is 0. The fraction of sp³-hybridized carbons (Fsp3) is 0.375. The largest absolute Gasteiger partial charge is 0.507 e. The number of carbonyl (C=O) groups is 3. The number of hydrogen-bond donors (Lipinski definition) is 1. The lowest BCUT2D eigenvalue weighted by Crippen LogP contribution is -2.29. The molecule has 0 saturated carbocycles. The number of nitrogens with zero attached hydrogens (tertiary/aromatic N) is 2. The molecule has 0 bridgehead atoms. The Bertz CT molecular complexity index is 1610. The predicted octanol–water partition coefficient (Wildman–Crippen LogP) is 5.88. The molecule has 0 radical (unpaired) electrons. The number of hydrogen-bond acceptors (Lipinski definition) is 10. The zero-order valence-corrected chi connectivity index (χ0v) is 25.6. The molecule has 0 spiro atoms. The second-order valence-electron chi connectivity index (χ2n) is 10.7. The molecule has 0 aliphatic carbocycles. The van der Waals surface area contributed by atoms with Crippen LogP contribution in [-0.4, -0.2) is 54.0 Å². The highest BCUT2D eigenvalue weighted by Crippen LogP contribution is 2.46. The third kappa shape index (κ3) is 5.94. The van der Waals surface area contributed by atoms with Crippen LogP contribution in [0.1, 0.15) is 66.7 Å². The van der Waals surface area contributed by atoms with E-state index in [0.29, 0.717) is 71.5 Å². The summed E-state index contributed by atoms with van der Waals surface area (Å²) in [6.07, 6.45) is 0.852. The highest BCUT2D eigenvalue weighted by atomic mass is 32.1. The molecule has 1 saturated heterocycles. The van der Waals surface area contributed by atoms with Gasteiger partial charge in [-0.05, 0) is 62.1 Å². The van der Waals surface area contributed by atoms with Gasteiger partial charge in [0, 0.05) is 12.5 Å². The Hall–Kier alpha value is -4.38. The Morgan fingerprint density at radius 2 is 1.84 bits per heavy atom. The number of carbonyl (C=O) groups excluding carboxylic acids is 3. The van der Waals surface area contributed by atoms with E-state index < -0.39 is 17.7 Å². The number of thiazole rings is 1. The maximum absolute atomic E-state index is 13.7. The van der Waals surface area contributed by atoms with Crippen molar-refractivity contribution in [2.45, 2.75) is 47.1 Å². The summed E-state index contributed by atoms with van der Waals surface area (Å²) < 4.78 is 23.2. The van der Waals surface area contributed by atoms with Gasteiger partial charge in [-0.25, -0.2) is 4.98 Å². The Balaban J connectivity index is 1.66. The van der Waals surface area contributed by atoms with E-state index in [-0.39, 0.29) is 27.8 Å². The zero-order valence-electron chi connectivity index (χ0n) is 24.8. The summed E-state index contributed by atoms with van der Waals surface area (Å²) in [6.45, 7) is 10.8. The fourth-order valence-electron chi connectivity index (χ4n) is 4.99. The van der Waals surface area contributed by atoms with Crippen LogP contribution in [0.3, 0.4) is 0 Å². The number of benzene rings is 2. The van der Waals surface area contributed by atoms with Crippen molar-refractivity contribution < 1.29 is 38.4 Å². The number of aliphatic hydroxyl groups is 1. The highest BCUT2D eigenvalue weighted by Gasteiger charge is 2.48. The molecule has 2 aromatic carbocycles. The molecule has 226 valence electrons. The van der Waals surface area contributed by atoms with Crippen LogP contribution in [0.25, 0.3) is 5.76 Å². The van der Waals surface area contributed by atoms with Crippen molar-refractivity contribution >= 4 is 39.7 Å². The summed E-state index contributed by atoms with van der Waals surface area (Å²) >= 11 is 1.02. The minimum Gasteiger partial charge on any atom is -0.507 e. The van der Waals surface area contributed by atoms with Crippen molar-refractivity contribution in [2.75, 3.05) is 31.3 Å². The number of fused-ring (bicyclic) bond motifs is 1. The average molecular weight is 607 g/mol. The first-order valence-corrected chi connectivity index (χ1v) is 15.0. The number of aliphatic hydroxyl groups excluding tert-OH is 1. The lowest BCUT2D eigenvalue weighted by molar-refractivity contribution is -0.132. The minimum absolute atomic E-state index is 0.130. The second kappa shape index (κ2) is 12.5. The molecule has 1 aromatic heterocycles. The zero-order chi connectivity index (χ0) is 30.8. The molecule has 1 amide bonds. The van der Waals surface area contributed by atoms with Gasteiger partial charge in [-0.1, -0.05) is 31.3 Å². The van der Waals surface area contributed by atoms with Crippen LogP contribution in [0, 0.1) is 12.8 Å². The van der Waals surface area contributed by atoms with Gasteiger partial charge in [-0.15, -0.1) is 0 Å². The van der Waals surface area contributed by atoms with Gasteiger partial charge < -0.3 is 24.1 Å². The van der Waals surface area contributed by atoms with Crippen LogP contribution < -0.4 is 23.8 Å². The van der Waals surface area contributed by atoms with E-state index in [0.717, 1.165) is 17.8 Å². The number of rotatable bonds is 10. The molecule has 3 heterocycles. The first-order valence-electron chi connectivity index (χ1n) is 14.2. The van der Waals surface area contributed by atoms with E-state index in [2.05, 4.69) is 18.8 Å². The number of Topliss-reactive ketones (excluding diaryl/α,β-unsaturated/α-hetero) is 2. The van der Waals surface area contributed by atoms with Gasteiger partial charge in [0.1, 0.15) is 19.0 Å². The van der Waals surface area contributed by atoms with Crippen LogP contribution in [0.5, 0.6) is 23.0 Å². The molecule has 1 N–H and O–H groups in total. The van der Waals surface area contributed by atoms with Gasteiger partial charge in [0.15, 0.2) is 33.9 Å². The van der Waals surface area contributed by atoms with Gasteiger partial charge in [-0.2, -0.15) is 0 Å². The Morgan fingerprint density at radius 3 is 2.51 bits per heavy atom. The van der Waals surface area contributed by atoms with Gasteiger partial charge in [0.25, 0.3) is 5.78 Å². The standard InChI is InChI=1S/C32H34N2O8S/c1-6-39-24-15-20(7-9-22(24)40-12-11-17(2)3)27-26(28(36)21-8-10-23-25(16-21)42-14-13-41-23)29(37)31(38)34(27)32-33-18(4)30(43-32)19(5)35/h7-10,15-17,27,36H,6,11-14H2,1-5H3/b28-26-. The SMILES string of the molecule is CCOc1cc(C2/C(=C(/O)c3ccc4c(c3)OCCO4)C(=O)C(=O)N2c2nc(C)c(C(C)=O)s2)ccc1OCCC(C)C. The molecular weight excluding hydrogens is 572 g/mol. The molecule has 11 heteroatoms. The van der Waals surface area contributed by atoms with E-state index in [9.17, 15) is 19.5 Å². The van der Waals surface area contributed by atoms with Crippen molar-refractivity contribution in [1.82, 2.24) is 4.98 Å². The van der Waals surface area contributed by atoms with Crippen molar-refractivity contribution in [3.8, 4) is 23.0 Å². The van der Waals surface area contributed by atoms with Gasteiger partial charge in [-0.3, -0.25) is 19.3 Å². The maximum atomic E-state index is 13.7. The van der Waals surface area contributed by atoms with Crippen molar-refractivity contribution in [1.29, 1.82) is 0 Å². The van der Waals surface area contributed by atoms with Crippen LogP contribution >= 0.6 is 11.3 Å². The van der Waals surface area contributed by atoms with E-state index in [1.54, 1.807) is 43.3 Å². The summed E-state index contributed by atoms with van der Waals surface area (Å²) in [5.41, 5.74) is 1.10. The van der Waals surface area contributed by atoms with E-state index in [1.807, 2.05) is 6.92 Å². The quantitative estimate of drug-likeness (QED) is 0.130. The molecule has 3 aromatic rings. The Morgan fingerprint density at radius 1 is 1.09 bits per heavy atom. The average Bonchev–Trinajstić information content (AvgIpc) is 3.49. The topological polar surface area (TPSA) is 124 Å². The lowest BCUT2D eigenvalue weighted by atomic mass is 9.95. The third-order valence-corrected chi connectivity index (χ3v) is 8.36. The van der Waals surface area contributed by atoms with Crippen LogP contribution in [0.4, 0.5) is 5.13 Å². The predicted molar refractivity (Wildman–Crippen MR) is 162 cm³/mol. The number of aromatic nitrogens is 1. The highest BCUT2D eigenvalue weighted by molar-refractivity contribution is 7.18. The first-order chi connectivity index (χ1) is 20.6. The number of aryl methyl sites for hydroxylation is 1. The van der Waals surface area contributed by atoms with Crippen molar-refractivity contribution in [2.24, 2.45) is 5.92 Å². The molecule has 1 fully saturated rings. The van der Waals surface area contributed by atoms with E-state index >= 15 is 0 Å². The fourth-order valence-corrected chi connectivity index (χ4v) is 5.98. The maximum Gasteiger partial charge on any atom is 0.301 e. The second-order valence-corrected chi connectivity index (χ2v) is 11.6. The van der Waals surface area contributed by atoms with E-state index in [1.165, 1.54) is 11.8 Å². The Labute approximate surface area is 253 Å². The number of ketones is 2. The molecule has 2 aliphatic rings. The lowest BCUT2D eigenvalue weighted by Gasteiger charge is -2.24. The first kappa shape index (κ1) is 30.1. The molecular formula is C32H34N2O8S. The van der Waals surface area contributed by atoms with Crippen LogP contribution in [-0.2, 0) is 9.59 Å². The Kier molecular flexibility index (Phi) is 8.72. The monoisotopic (exact) mass is 606 g/mol. The smallest absolute Gasteiger partial charge is 0.301 e. The number of amides is 1. The molecule has 43 heavy (non-hydrogen) atoms. The van der Waals surface area contributed by atoms with Crippen LogP contribution in [0.2, 0.25) is 0 Å². The van der Waals surface area contributed by atoms with Crippen molar-refractivity contribution in [3.63, 3.8) is 0 Å². The van der Waals surface area contributed by atoms with Crippen molar-refractivity contribution in [3.05, 3.63) is 63.7 Å². The molecule has 1 unspecified atom stereocenters. The summed E-state index contributed by atoms with van der Waals surface area (Å²) in [5.74, 6) is 0.0241.